The summed E-state index contributed by atoms with van der Waals surface area (Å²) >= 11 is 0. The van der Waals surface area contributed by atoms with Crippen LogP contribution in [-0.2, 0) is 10.2 Å². The van der Waals surface area contributed by atoms with Crippen molar-refractivity contribution in [1.82, 2.24) is 10.6 Å². The number of nitrogens with zero attached hydrogens (tertiary/aromatic N) is 1. The van der Waals surface area contributed by atoms with Crippen LogP contribution >= 0.6 is 0 Å². The Hall–Kier alpha value is -1.95. The molecule has 0 aliphatic carbocycles. The van der Waals surface area contributed by atoms with Crippen LogP contribution in [0.25, 0.3) is 0 Å². The third kappa shape index (κ3) is 5.03. The molecule has 134 valence electrons. The Morgan fingerprint density at radius 2 is 1.96 bits per heavy atom. The van der Waals surface area contributed by atoms with Gasteiger partial charge in [0.1, 0.15) is 13.2 Å². The van der Waals surface area contributed by atoms with Gasteiger partial charge in [0, 0.05) is 25.6 Å². The number of methoxy groups -OCH3 is 1. The van der Waals surface area contributed by atoms with Gasteiger partial charge in [-0.05, 0) is 24.6 Å². The second-order valence-corrected chi connectivity index (χ2v) is 6.36. The fourth-order valence-corrected chi connectivity index (χ4v) is 2.45. The Bertz CT molecular complexity index is 558. The van der Waals surface area contributed by atoms with Crippen LogP contribution in [0.1, 0.15) is 26.3 Å². The van der Waals surface area contributed by atoms with Crippen LogP contribution < -0.4 is 20.1 Å². The fraction of sp³-hybridized carbons (Fsp3) is 0.611. The fourth-order valence-electron chi connectivity index (χ4n) is 2.45. The molecule has 2 N–H and O–H groups in total. The van der Waals surface area contributed by atoms with E-state index in [1.807, 2.05) is 6.07 Å². The lowest BCUT2D eigenvalue weighted by molar-refractivity contribution is 0.171. The summed E-state index contributed by atoms with van der Waals surface area (Å²) in [6, 6.07) is 6.14. The summed E-state index contributed by atoms with van der Waals surface area (Å²) in [5.74, 6) is 2.44. The van der Waals surface area contributed by atoms with Crippen molar-refractivity contribution in [1.29, 1.82) is 0 Å². The topological polar surface area (TPSA) is 64.1 Å². The average molecular weight is 335 g/mol. The van der Waals surface area contributed by atoms with Crippen molar-refractivity contribution in [3.05, 3.63) is 23.8 Å². The van der Waals surface area contributed by atoms with E-state index in [0.29, 0.717) is 26.4 Å². The monoisotopic (exact) mass is 335 g/mol. The zero-order chi connectivity index (χ0) is 17.4. The molecule has 1 aromatic carbocycles. The van der Waals surface area contributed by atoms with Crippen LogP contribution in [0.3, 0.4) is 0 Å². The quantitative estimate of drug-likeness (QED) is 0.453. The minimum atomic E-state index is -0.112. The minimum absolute atomic E-state index is 0.112. The van der Waals surface area contributed by atoms with Crippen molar-refractivity contribution < 1.29 is 14.2 Å². The third-order valence-corrected chi connectivity index (χ3v) is 3.90. The molecule has 1 aromatic rings. The molecular formula is C18H29N3O3. The maximum absolute atomic E-state index is 5.69. The van der Waals surface area contributed by atoms with E-state index in [1.54, 1.807) is 7.11 Å². The lowest BCUT2D eigenvalue weighted by Gasteiger charge is -2.26. The molecule has 0 unspecified atom stereocenters. The van der Waals surface area contributed by atoms with E-state index in [1.165, 1.54) is 5.56 Å². The highest BCUT2D eigenvalue weighted by molar-refractivity contribution is 5.79. The van der Waals surface area contributed by atoms with Gasteiger partial charge in [0.15, 0.2) is 17.5 Å². The zero-order valence-electron chi connectivity index (χ0n) is 15.1. The van der Waals surface area contributed by atoms with Crippen LogP contribution in [0.5, 0.6) is 11.5 Å². The zero-order valence-corrected chi connectivity index (χ0v) is 15.1. The van der Waals surface area contributed by atoms with Gasteiger partial charge < -0.3 is 24.8 Å². The molecular weight excluding hydrogens is 306 g/mol. The normalized spacial score (nSPS) is 14.4. The molecule has 0 saturated heterocycles. The standard InChI is InChI=1S/C18H29N3O3/c1-5-19-17(20-8-9-22-4)21-13-18(2,3)14-6-7-15-16(12-14)24-11-10-23-15/h6-7,12H,5,8-11,13H2,1-4H3,(H2,19,20,21). The smallest absolute Gasteiger partial charge is 0.191 e. The predicted molar refractivity (Wildman–Crippen MR) is 96.3 cm³/mol. The molecule has 1 heterocycles. The number of nitrogens with one attached hydrogen (secondary N) is 2. The van der Waals surface area contributed by atoms with Crippen LogP contribution in [0.4, 0.5) is 0 Å². The summed E-state index contributed by atoms with van der Waals surface area (Å²) in [6.45, 7) is 10.5. The van der Waals surface area contributed by atoms with Crippen LogP contribution in [-0.4, -0.2) is 52.5 Å². The van der Waals surface area contributed by atoms with Crippen molar-refractivity contribution in [2.75, 3.05) is 46.6 Å². The maximum Gasteiger partial charge on any atom is 0.191 e. The van der Waals surface area contributed by atoms with E-state index in [4.69, 9.17) is 19.2 Å². The molecule has 0 atom stereocenters. The molecule has 0 fully saturated rings. The van der Waals surface area contributed by atoms with Crippen molar-refractivity contribution >= 4 is 5.96 Å². The molecule has 6 heteroatoms. The minimum Gasteiger partial charge on any atom is -0.486 e. The second kappa shape index (κ2) is 8.78. The summed E-state index contributed by atoms with van der Waals surface area (Å²) in [5, 5.41) is 6.52. The maximum atomic E-state index is 5.69. The second-order valence-electron chi connectivity index (χ2n) is 6.36. The summed E-state index contributed by atoms with van der Waals surface area (Å²) in [6.07, 6.45) is 0. The highest BCUT2D eigenvalue weighted by Crippen LogP contribution is 2.35. The molecule has 0 aromatic heterocycles. The predicted octanol–water partition coefficient (Wildman–Crippen LogP) is 1.94. The van der Waals surface area contributed by atoms with Gasteiger partial charge >= 0.3 is 0 Å². The summed E-state index contributed by atoms with van der Waals surface area (Å²) in [4.78, 5) is 4.71. The van der Waals surface area contributed by atoms with E-state index in [9.17, 15) is 0 Å². The van der Waals surface area contributed by atoms with E-state index in [-0.39, 0.29) is 5.41 Å². The lowest BCUT2D eigenvalue weighted by atomic mass is 9.84. The molecule has 0 spiro atoms. The SMILES string of the molecule is CCNC(=NCC(C)(C)c1ccc2c(c1)OCCO2)NCCOC. The van der Waals surface area contributed by atoms with Crippen molar-refractivity contribution in [3.8, 4) is 11.5 Å². The van der Waals surface area contributed by atoms with Gasteiger partial charge in [-0.3, -0.25) is 4.99 Å². The first-order valence-corrected chi connectivity index (χ1v) is 8.48. The Morgan fingerprint density at radius 1 is 1.21 bits per heavy atom. The first kappa shape index (κ1) is 18.4. The summed E-state index contributed by atoms with van der Waals surface area (Å²) in [5.41, 5.74) is 1.07. The first-order valence-electron chi connectivity index (χ1n) is 8.48. The number of hydrogen-bond acceptors (Lipinski definition) is 4. The molecule has 0 amide bonds. The Morgan fingerprint density at radius 3 is 2.67 bits per heavy atom. The molecule has 0 saturated carbocycles. The van der Waals surface area contributed by atoms with Gasteiger partial charge in [-0.15, -0.1) is 0 Å². The third-order valence-electron chi connectivity index (χ3n) is 3.90. The summed E-state index contributed by atoms with van der Waals surface area (Å²) < 4.78 is 16.3. The molecule has 24 heavy (non-hydrogen) atoms. The van der Waals surface area contributed by atoms with Gasteiger partial charge in [0.2, 0.25) is 0 Å². The number of rotatable bonds is 7. The molecule has 0 bridgehead atoms. The number of fused-ring (bicyclic) bond motifs is 1. The highest BCUT2D eigenvalue weighted by atomic mass is 16.6. The number of aliphatic imine (C=N–C) groups is 1. The van der Waals surface area contributed by atoms with E-state index < -0.39 is 0 Å². The first-order chi connectivity index (χ1) is 11.6. The van der Waals surface area contributed by atoms with Gasteiger partial charge in [-0.2, -0.15) is 0 Å². The van der Waals surface area contributed by atoms with Crippen LogP contribution in [0.15, 0.2) is 23.2 Å². The van der Waals surface area contributed by atoms with Crippen LogP contribution in [0.2, 0.25) is 0 Å². The van der Waals surface area contributed by atoms with Crippen LogP contribution in [0, 0.1) is 0 Å². The number of hydrogen-bond donors (Lipinski definition) is 2. The van der Waals surface area contributed by atoms with E-state index >= 15 is 0 Å². The van der Waals surface area contributed by atoms with Crippen molar-refractivity contribution in [2.45, 2.75) is 26.2 Å². The average Bonchev–Trinajstić information content (AvgIpc) is 2.59. The van der Waals surface area contributed by atoms with Gasteiger partial charge in [-0.25, -0.2) is 0 Å². The Labute approximate surface area is 144 Å². The molecule has 1 aliphatic heterocycles. The van der Waals surface area contributed by atoms with Crippen molar-refractivity contribution in [2.24, 2.45) is 4.99 Å². The number of guanidine groups is 1. The van der Waals surface area contributed by atoms with Gasteiger partial charge in [0.05, 0.1) is 13.2 Å². The number of benzene rings is 1. The number of ether oxygens (including phenoxy) is 3. The Balaban J connectivity index is 2.06. The molecule has 2 rings (SSSR count). The molecule has 1 aliphatic rings. The molecule has 6 nitrogen and oxygen atoms in total. The van der Waals surface area contributed by atoms with Gasteiger partial charge in [-0.1, -0.05) is 19.9 Å². The Kier molecular flexibility index (Phi) is 6.73. The van der Waals surface area contributed by atoms with Crippen molar-refractivity contribution in [3.63, 3.8) is 0 Å². The highest BCUT2D eigenvalue weighted by Gasteiger charge is 2.23. The van der Waals surface area contributed by atoms with Gasteiger partial charge in [0.25, 0.3) is 0 Å². The largest absolute Gasteiger partial charge is 0.486 e. The molecule has 0 radical (unpaired) electrons. The summed E-state index contributed by atoms with van der Waals surface area (Å²) in [7, 11) is 1.69. The lowest BCUT2D eigenvalue weighted by Crippen LogP contribution is -2.40. The van der Waals surface area contributed by atoms with E-state index in [2.05, 4.69) is 43.5 Å². The van der Waals surface area contributed by atoms with E-state index in [0.717, 1.165) is 30.5 Å².